The van der Waals surface area contributed by atoms with E-state index in [-0.39, 0.29) is 24.0 Å². The molecule has 7 heteroatoms. The number of primary amides is 1. The number of amides is 1. The third-order valence-electron chi connectivity index (χ3n) is 3.14. The summed E-state index contributed by atoms with van der Waals surface area (Å²) in [5, 5.41) is 3.08. The lowest BCUT2D eigenvalue weighted by Gasteiger charge is -2.25. The van der Waals surface area contributed by atoms with Crippen LogP contribution in [0.5, 0.6) is 0 Å². The van der Waals surface area contributed by atoms with Crippen LogP contribution >= 0.6 is 24.0 Å². The topological polar surface area (TPSA) is 107 Å². The van der Waals surface area contributed by atoms with Gasteiger partial charge in [-0.15, -0.1) is 24.0 Å². The molecule has 1 aromatic heterocycles. The number of hydrogen-bond donors (Lipinski definition) is 3. The van der Waals surface area contributed by atoms with E-state index in [4.69, 9.17) is 15.9 Å². The molecule has 1 amide bonds. The maximum Gasteiger partial charge on any atom is 0.251 e. The van der Waals surface area contributed by atoms with Gasteiger partial charge in [-0.25, -0.2) is 4.99 Å². The molecule has 1 fully saturated rings. The van der Waals surface area contributed by atoms with Crippen LogP contribution in [0, 0.1) is 5.92 Å². The number of carbonyl (C=O) groups excluding carboxylic acids is 1. The quantitative estimate of drug-likeness (QED) is 0.407. The van der Waals surface area contributed by atoms with Gasteiger partial charge >= 0.3 is 0 Å². The third kappa shape index (κ3) is 4.73. The third-order valence-corrected chi connectivity index (χ3v) is 3.14. The molecule has 0 atom stereocenters. The van der Waals surface area contributed by atoms with Crippen LogP contribution < -0.4 is 16.8 Å². The second-order valence-electron chi connectivity index (χ2n) is 4.55. The maximum atomic E-state index is 10.9. The molecule has 0 unspecified atom stereocenters. The molecule has 0 saturated heterocycles. The van der Waals surface area contributed by atoms with Crippen LogP contribution in [0.25, 0.3) is 0 Å². The van der Waals surface area contributed by atoms with Gasteiger partial charge < -0.3 is 21.2 Å². The zero-order chi connectivity index (χ0) is 13.0. The molecule has 1 aliphatic rings. The number of halogens is 1. The van der Waals surface area contributed by atoms with Crippen molar-refractivity contribution in [1.82, 2.24) is 5.32 Å². The van der Waals surface area contributed by atoms with Gasteiger partial charge in [-0.05, 0) is 24.8 Å². The molecule has 1 aromatic rings. The molecule has 1 aliphatic carbocycles. The summed E-state index contributed by atoms with van der Waals surface area (Å²) >= 11 is 0. The van der Waals surface area contributed by atoms with Crippen LogP contribution in [-0.2, 0) is 6.54 Å². The summed E-state index contributed by atoms with van der Waals surface area (Å²) in [4.78, 5) is 15.0. The van der Waals surface area contributed by atoms with Crippen LogP contribution in [0.1, 0.15) is 35.4 Å². The number of hydrogen-bond acceptors (Lipinski definition) is 3. The van der Waals surface area contributed by atoms with Crippen molar-refractivity contribution in [3.63, 3.8) is 0 Å². The van der Waals surface area contributed by atoms with Crippen LogP contribution in [0.2, 0.25) is 0 Å². The van der Waals surface area contributed by atoms with Crippen molar-refractivity contribution in [3.8, 4) is 0 Å². The Labute approximate surface area is 129 Å². The molecule has 0 aliphatic heterocycles. The minimum Gasteiger partial charge on any atom is -0.467 e. The highest BCUT2D eigenvalue weighted by Crippen LogP contribution is 2.24. The van der Waals surface area contributed by atoms with E-state index in [0.29, 0.717) is 23.8 Å². The Morgan fingerprint density at radius 2 is 2.21 bits per heavy atom. The molecule has 1 saturated carbocycles. The number of guanidine groups is 1. The molecule has 5 N–H and O–H groups in total. The van der Waals surface area contributed by atoms with Crippen LogP contribution in [0.3, 0.4) is 0 Å². The van der Waals surface area contributed by atoms with Gasteiger partial charge in [0.25, 0.3) is 5.91 Å². The van der Waals surface area contributed by atoms with Gasteiger partial charge in [0.1, 0.15) is 18.6 Å². The molecule has 0 aromatic carbocycles. The largest absolute Gasteiger partial charge is 0.467 e. The van der Waals surface area contributed by atoms with E-state index in [2.05, 4.69) is 10.3 Å². The first-order chi connectivity index (χ1) is 8.65. The van der Waals surface area contributed by atoms with Crippen molar-refractivity contribution in [2.75, 3.05) is 6.54 Å². The molecule has 2 rings (SSSR count). The smallest absolute Gasteiger partial charge is 0.251 e. The molecule has 1 heterocycles. The summed E-state index contributed by atoms with van der Waals surface area (Å²) in [5.41, 5.74) is 11.2. The fourth-order valence-corrected chi connectivity index (χ4v) is 1.76. The van der Waals surface area contributed by atoms with E-state index in [1.165, 1.54) is 25.5 Å². The zero-order valence-corrected chi connectivity index (χ0v) is 12.9. The lowest BCUT2D eigenvalue weighted by molar-refractivity contribution is 0.0999. The number of furan rings is 1. The Kier molecular flexibility index (Phi) is 6.13. The normalized spacial score (nSPS) is 15.5. The van der Waals surface area contributed by atoms with Crippen LogP contribution in [0.15, 0.2) is 21.7 Å². The van der Waals surface area contributed by atoms with E-state index < -0.39 is 5.91 Å². The van der Waals surface area contributed by atoms with Crippen molar-refractivity contribution in [3.05, 3.63) is 23.7 Å². The first-order valence-corrected chi connectivity index (χ1v) is 6.06. The highest BCUT2D eigenvalue weighted by Gasteiger charge is 2.16. The minimum atomic E-state index is -0.509. The second-order valence-corrected chi connectivity index (χ2v) is 4.55. The summed E-state index contributed by atoms with van der Waals surface area (Å²) in [6.45, 7) is 1.18. The van der Waals surface area contributed by atoms with E-state index in [0.717, 1.165) is 12.5 Å². The summed E-state index contributed by atoms with van der Waals surface area (Å²) in [7, 11) is 0. The Bertz CT molecular complexity index is 454. The fourth-order valence-electron chi connectivity index (χ4n) is 1.76. The Morgan fingerprint density at radius 1 is 1.47 bits per heavy atom. The lowest BCUT2D eigenvalue weighted by atomic mass is 9.85. The van der Waals surface area contributed by atoms with E-state index >= 15 is 0 Å². The number of aliphatic imine (C=N–C) groups is 1. The van der Waals surface area contributed by atoms with Gasteiger partial charge in [0.2, 0.25) is 0 Å². The van der Waals surface area contributed by atoms with Crippen LogP contribution in [0.4, 0.5) is 0 Å². The number of nitrogens with two attached hydrogens (primary N) is 2. The van der Waals surface area contributed by atoms with Crippen molar-refractivity contribution in [2.45, 2.75) is 25.8 Å². The first-order valence-electron chi connectivity index (χ1n) is 6.06. The average Bonchev–Trinajstić information content (AvgIpc) is 2.73. The number of nitrogens with zero attached hydrogens (tertiary/aromatic N) is 1. The number of carbonyl (C=O) groups is 1. The van der Waals surface area contributed by atoms with Crippen LogP contribution in [-0.4, -0.2) is 18.4 Å². The number of rotatable bonds is 5. The monoisotopic (exact) mass is 378 g/mol. The zero-order valence-electron chi connectivity index (χ0n) is 10.6. The first kappa shape index (κ1) is 15.8. The van der Waals surface area contributed by atoms with Crippen molar-refractivity contribution in [1.29, 1.82) is 0 Å². The Morgan fingerprint density at radius 3 is 2.74 bits per heavy atom. The molecule has 0 bridgehead atoms. The van der Waals surface area contributed by atoms with Gasteiger partial charge in [0.15, 0.2) is 5.96 Å². The van der Waals surface area contributed by atoms with Gasteiger partial charge in [-0.2, -0.15) is 0 Å². The molecule has 106 valence electrons. The summed E-state index contributed by atoms with van der Waals surface area (Å²) in [6, 6.07) is 1.57. The van der Waals surface area contributed by atoms with Gasteiger partial charge in [0.05, 0.1) is 5.56 Å². The predicted octanol–water partition coefficient (Wildman–Crippen LogP) is 1.20. The molecule has 0 radical (unpaired) electrons. The lowest BCUT2D eigenvalue weighted by Crippen LogP contribution is -2.37. The van der Waals surface area contributed by atoms with Crippen molar-refractivity contribution in [2.24, 2.45) is 22.4 Å². The standard InChI is InChI=1S/C12H18N4O2.HI/c13-11(17)9-4-10(18-7-9)6-16-12(14)15-5-8-2-1-3-8;/h4,7-8H,1-3,5-6H2,(H2,13,17)(H3,14,15,16);1H. The summed E-state index contributed by atoms with van der Waals surface area (Å²) in [5.74, 6) is 1.19. The van der Waals surface area contributed by atoms with Crippen molar-refractivity contribution >= 4 is 35.8 Å². The van der Waals surface area contributed by atoms with Gasteiger partial charge in [-0.3, -0.25) is 4.79 Å². The van der Waals surface area contributed by atoms with Gasteiger partial charge in [0, 0.05) is 6.54 Å². The fraction of sp³-hybridized carbons (Fsp3) is 0.500. The average molecular weight is 378 g/mol. The van der Waals surface area contributed by atoms with E-state index in [9.17, 15) is 4.79 Å². The van der Waals surface area contributed by atoms with E-state index in [1.54, 1.807) is 6.07 Å². The molecule has 19 heavy (non-hydrogen) atoms. The Hall–Kier alpha value is -1.25. The maximum absolute atomic E-state index is 10.9. The van der Waals surface area contributed by atoms with Crippen molar-refractivity contribution < 1.29 is 9.21 Å². The number of nitrogens with one attached hydrogen (secondary N) is 1. The van der Waals surface area contributed by atoms with Gasteiger partial charge in [-0.1, -0.05) is 6.42 Å². The Balaban J connectivity index is 0.00000180. The molecular weight excluding hydrogens is 359 g/mol. The highest BCUT2D eigenvalue weighted by atomic mass is 127. The molecule has 0 spiro atoms. The molecular formula is C12H19IN4O2. The summed E-state index contributed by atoms with van der Waals surface area (Å²) < 4.78 is 5.14. The minimum absolute atomic E-state index is 0. The summed E-state index contributed by atoms with van der Waals surface area (Å²) in [6.07, 6.45) is 5.16. The SMILES string of the molecule is I.NC(=O)c1coc(CN=C(N)NCC2CCC2)c1. The second kappa shape index (κ2) is 7.37. The van der Waals surface area contributed by atoms with E-state index in [1.807, 2.05) is 0 Å². The highest BCUT2D eigenvalue weighted by molar-refractivity contribution is 14.0. The predicted molar refractivity (Wildman–Crippen MR) is 83.3 cm³/mol. The molecule has 6 nitrogen and oxygen atoms in total.